The second kappa shape index (κ2) is 5.59. The molecule has 0 aliphatic heterocycles. The molecule has 0 atom stereocenters. The van der Waals surface area contributed by atoms with Crippen molar-refractivity contribution in [2.75, 3.05) is 5.32 Å². The van der Waals surface area contributed by atoms with E-state index >= 15 is 0 Å². The molecule has 2 N–H and O–H groups in total. The van der Waals surface area contributed by atoms with Gasteiger partial charge in [-0.2, -0.15) is 5.26 Å². The van der Waals surface area contributed by atoms with E-state index < -0.39 is 5.97 Å². The van der Waals surface area contributed by atoms with Crippen molar-refractivity contribution in [2.45, 2.75) is 6.92 Å². The van der Waals surface area contributed by atoms with Crippen LogP contribution in [-0.4, -0.2) is 16.1 Å². The fourth-order valence-electron chi connectivity index (χ4n) is 1.64. The molecule has 20 heavy (non-hydrogen) atoms. The zero-order chi connectivity index (χ0) is 14.7. The van der Waals surface area contributed by atoms with Crippen LogP contribution >= 0.6 is 11.6 Å². The molecule has 5 nitrogen and oxygen atoms in total. The lowest BCUT2D eigenvalue weighted by Crippen LogP contribution is -2.02. The molecule has 1 aromatic carbocycles. The number of carboxylic acids is 1. The molecule has 1 heterocycles. The first kappa shape index (κ1) is 13.8. The lowest BCUT2D eigenvalue weighted by atomic mass is 10.1. The average Bonchev–Trinajstić information content (AvgIpc) is 2.43. The Morgan fingerprint density at radius 3 is 2.85 bits per heavy atom. The van der Waals surface area contributed by atoms with Crippen molar-refractivity contribution in [3.05, 3.63) is 52.2 Å². The lowest BCUT2D eigenvalue weighted by Gasteiger charge is -2.10. The van der Waals surface area contributed by atoms with Gasteiger partial charge in [-0.3, -0.25) is 0 Å². The maximum absolute atomic E-state index is 11.0. The van der Waals surface area contributed by atoms with Crippen LogP contribution in [0, 0.1) is 18.3 Å². The summed E-state index contributed by atoms with van der Waals surface area (Å²) in [5.74, 6) is -0.770. The Kier molecular flexibility index (Phi) is 3.87. The van der Waals surface area contributed by atoms with Crippen molar-refractivity contribution < 1.29 is 9.90 Å². The summed E-state index contributed by atoms with van der Waals surface area (Å²) < 4.78 is 0. The number of aromatic carboxylic acids is 1. The van der Waals surface area contributed by atoms with Gasteiger partial charge in [-0.25, -0.2) is 9.78 Å². The molecule has 0 fully saturated rings. The molecule has 0 saturated carbocycles. The first-order chi connectivity index (χ1) is 9.51. The molecule has 0 unspecified atom stereocenters. The van der Waals surface area contributed by atoms with Gasteiger partial charge < -0.3 is 10.4 Å². The maximum Gasteiger partial charge on any atom is 0.337 e. The van der Waals surface area contributed by atoms with Crippen molar-refractivity contribution in [3.8, 4) is 6.07 Å². The van der Waals surface area contributed by atoms with Gasteiger partial charge in [0.25, 0.3) is 0 Å². The molecule has 2 aromatic rings. The first-order valence-electron chi connectivity index (χ1n) is 5.68. The van der Waals surface area contributed by atoms with E-state index in [9.17, 15) is 4.79 Å². The number of carboxylic acid groups (broad SMARTS) is 1. The van der Waals surface area contributed by atoms with Crippen LogP contribution in [0.1, 0.15) is 21.5 Å². The molecule has 0 aliphatic rings. The van der Waals surface area contributed by atoms with Crippen molar-refractivity contribution in [2.24, 2.45) is 0 Å². The molecule has 0 bridgehead atoms. The summed E-state index contributed by atoms with van der Waals surface area (Å²) in [5.41, 5.74) is 2.08. The maximum atomic E-state index is 11.0. The molecule has 0 amide bonds. The van der Waals surface area contributed by atoms with Gasteiger partial charge in [0.05, 0.1) is 22.2 Å². The predicted molar refractivity (Wildman–Crippen MR) is 75.4 cm³/mol. The normalized spacial score (nSPS) is 9.85. The summed E-state index contributed by atoms with van der Waals surface area (Å²) in [4.78, 5) is 15.0. The van der Waals surface area contributed by atoms with Crippen LogP contribution in [0.4, 0.5) is 11.5 Å². The highest BCUT2D eigenvalue weighted by Gasteiger charge is 2.11. The van der Waals surface area contributed by atoms with Crippen molar-refractivity contribution in [1.29, 1.82) is 5.26 Å². The Labute approximate surface area is 120 Å². The van der Waals surface area contributed by atoms with Gasteiger partial charge >= 0.3 is 5.97 Å². The summed E-state index contributed by atoms with van der Waals surface area (Å²) in [7, 11) is 0. The standard InChI is InChI=1S/C14H10ClN3O2/c1-8-2-3-9(6-16)4-12(8)18-13-5-10(14(19)20)11(15)7-17-13/h2-5,7H,1H3,(H,17,18)(H,19,20). The van der Waals surface area contributed by atoms with Crippen LogP contribution in [-0.2, 0) is 0 Å². The van der Waals surface area contributed by atoms with Gasteiger partial charge in [0.2, 0.25) is 0 Å². The zero-order valence-electron chi connectivity index (χ0n) is 10.5. The van der Waals surface area contributed by atoms with E-state index in [2.05, 4.69) is 10.3 Å². The number of anilines is 2. The SMILES string of the molecule is Cc1ccc(C#N)cc1Nc1cc(C(=O)O)c(Cl)cn1. The van der Waals surface area contributed by atoms with Crippen LogP contribution in [0.5, 0.6) is 0 Å². The van der Waals surface area contributed by atoms with Gasteiger partial charge in [0, 0.05) is 11.9 Å². The number of aryl methyl sites for hydroxylation is 1. The lowest BCUT2D eigenvalue weighted by molar-refractivity contribution is 0.0697. The number of pyridine rings is 1. The Morgan fingerprint density at radius 1 is 1.45 bits per heavy atom. The van der Waals surface area contributed by atoms with Gasteiger partial charge in [0.15, 0.2) is 0 Å². The smallest absolute Gasteiger partial charge is 0.337 e. The van der Waals surface area contributed by atoms with Gasteiger partial charge in [-0.15, -0.1) is 0 Å². The third kappa shape index (κ3) is 2.87. The summed E-state index contributed by atoms with van der Waals surface area (Å²) in [6, 6.07) is 8.57. The Balaban J connectivity index is 2.38. The number of hydrogen-bond acceptors (Lipinski definition) is 4. The summed E-state index contributed by atoms with van der Waals surface area (Å²) in [6.07, 6.45) is 1.27. The zero-order valence-corrected chi connectivity index (χ0v) is 11.3. The largest absolute Gasteiger partial charge is 0.478 e. The molecule has 6 heteroatoms. The second-order valence-electron chi connectivity index (χ2n) is 4.12. The second-order valence-corrected chi connectivity index (χ2v) is 4.53. The summed E-state index contributed by atoms with van der Waals surface area (Å²) >= 11 is 5.76. The monoisotopic (exact) mass is 287 g/mol. The Morgan fingerprint density at radius 2 is 2.20 bits per heavy atom. The van der Waals surface area contributed by atoms with Crippen LogP contribution < -0.4 is 5.32 Å². The van der Waals surface area contributed by atoms with E-state index in [1.54, 1.807) is 18.2 Å². The van der Waals surface area contributed by atoms with Crippen LogP contribution in [0.2, 0.25) is 5.02 Å². The fourth-order valence-corrected chi connectivity index (χ4v) is 1.82. The number of nitrogens with one attached hydrogen (secondary N) is 1. The van der Waals surface area contributed by atoms with E-state index in [-0.39, 0.29) is 10.6 Å². The number of benzene rings is 1. The Hall–Kier alpha value is -2.58. The molecule has 100 valence electrons. The third-order valence-corrected chi connectivity index (χ3v) is 3.02. The van der Waals surface area contributed by atoms with E-state index in [0.717, 1.165) is 5.56 Å². The highest BCUT2D eigenvalue weighted by Crippen LogP contribution is 2.23. The molecule has 2 rings (SSSR count). The molecule has 1 aromatic heterocycles. The van der Waals surface area contributed by atoms with Gasteiger partial charge in [-0.1, -0.05) is 17.7 Å². The quantitative estimate of drug-likeness (QED) is 0.904. The van der Waals surface area contributed by atoms with Gasteiger partial charge in [-0.05, 0) is 30.7 Å². The van der Waals surface area contributed by atoms with E-state index in [1.165, 1.54) is 12.3 Å². The fraction of sp³-hybridized carbons (Fsp3) is 0.0714. The number of aromatic nitrogens is 1. The third-order valence-electron chi connectivity index (χ3n) is 2.72. The number of carbonyl (C=O) groups is 1. The highest BCUT2D eigenvalue weighted by molar-refractivity contribution is 6.33. The van der Waals surface area contributed by atoms with Crippen LogP contribution in [0.15, 0.2) is 30.5 Å². The van der Waals surface area contributed by atoms with Crippen LogP contribution in [0.25, 0.3) is 0 Å². The number of hydrogen-bond donors (Lipinski definition) is 2. The van der Waals surface area contributed by atoms with E-state index in [1.807, 2.05) is 13.0 Å². The van der Waals surface area contributed by atoms with Gasteiger partial charge in [0.1, 0.15) is 5.82 Å². The molecule has 0 spiro atoms. The molecule has 0 saturated heterocycles. The number of rotatable bonds is 3. The Bertz CT molecular complexity index is 723. The average molecular weight is 288 g/mol. The minimum atomic E-state index is -1.12. The predicted octanol–water partition coefficient (Wildman–Crippen LogP) is 3.36. The molecule has 0 aliphatic carbocycles. The summed E-state index contributed by atoms with van der Waals surface area (Å²) in [5, 5.41) is 21.0. The minimum Gasteiger partial charge on any atom is -0.478 e. The first-order valence-corrected chi connectivity index (χ1v) is 6.05. The molecule has 0 radical (unpaired) electrons. The summed E-state index contributed by atoms with van der Waals surface area (Å²) in [6.45, 7) is 1.87. The van der Waals surface area contributed by atoms with Crippen molar-refractivity contribution in [1.82, 2.24) is 4.98 Å². The number of nitriles is 1. The van der Waals surface area contributed by atoms with Crippen LogP contribution in [0.3, 0.4) is 0 Å². The number of halogens is 1. The topological polar surface area (TPSA) is 86.0 Å². The number of nitrogens with zero attached hydrogens (tertiary/aromatic N) is 2. The molecular weight excluding hydrogens is 278 g/mol. The van der Waals surface area contributed by atoms with Crippen molar-refractivity contribution in [3.63, 3.8) is 0 Å². The molecular formula is C14H10ClN3O2. The minimum absolute atomic E-state index is 0.0294. The highest BCUT2D eigenvalue weighted by atomic mass is 35.5. The van der Waals surface area contributed by atoms with E-state index in [4.69, 9.17) is 22.0 Å². The van der Waals surface area contributed by atoms with Crippen molar-refractivity contribution >= 4 is 29.1 Å². The van der Waals surface area contributed by atoms with E-state index in [0.29, 0.717) is 17.1 Å².